The fraction of sp³-hybridized carbons (Fsp3) is 0.263. The number of hydrogen-bond donors (Lipinski definition) is 2. The third kappa shape index (κ3) is 2.97. The van der Waals surface area contributed by atoms with Crippen LogP contribution in [-0.4, -0.2) is 45.0 Å². The van der Waals surface area contributed by atoms with Crippen LogP contribution in [0, 0.1) is 11.6 Å². The van der Waals surface area contributed by atoms with Crippen LogP contribution in [0.2, 0.25) is 0 Å². The SMILES string of the molecule is O=C1N[C@H]2COC[C@H]2n2cc(-c3nnc(Cc4ccc(F)cc4F)s3)c(=O)c(O)c21. The molecule has 2 aromatic heterocycles. The van der Waals surface area contributed by atoms with Crippen LogP contribution in [0.25, 0.3) is 10.6 Å². The normalized spacial score (nSPS) is 20.0. The van der Waals surface area contributed by atoms with Gasteiger partial charge in [0.05, 0.1) is 30.9 Å². The maximum absolute atomic E-state index is 13.9. The highest BCUT2D eigenvalue weighted by Crippen LogP contribution is 2.32. The van der Waals surface area contributed by atoms with Gasteiger partial charge in [0.15, 0.2) is 16.5 Å². The number of ether oxygens (including phenoxy) is 1. The summed E-state index contributed by atoms with van der Waals surface area (Å²) in [5.41, 5.74) is -0.537. The molecule has 4 heterocycles. The molecule has 5 rings (SSSR count). The molecule has 1 amide bonds. The van der Waals surface area contributed by atoms with E-state index in [1.54, 1.807) is 4.57 Å². The van der Waals surface area contributed by atoms with Crippen LogP contribution < -0.4 is 10.7 Å². The number of halogens is 2. The number of nitrogens with one attached hydrogen (secondary N) is 1. The fourth-order valence-corrected chi connectivity index (χ4v) is 4.58. The van der Waals surface area contributed by atoms with Gasteiger partial charge in [0.2, 0.25) is 5.43 Å². The Morgan fingerprint density at radius 2 is 2.10 bits per heavy atom. The number of carbonyl (C=O) groups is 1. The summed E-state index contributed by atoms with van der Waals surface area (Å²) in [6.07, 6.45) is 1.55. The van der Waals surface area contributed by atoms with E-state index < -0.39 is 28.7 Å². The number of carbonyl (C=O) groups excluding carboxylic acids is 1. The molecule has 3 aromatic rings. The second-order valence-electron chi connectivity index (χ2n) is 7.07. The van der Waals surface area contributed by atoms with E-state index in [1.165, 1.54) is 12.3 Å². The first-order valence-electron chi connectivity index (χ1n) is 9.05. The molecule has 1 aromatic carbocycles. The smallest absolute Gasteiger partial charge is 0.272 e. The Morgan fingerprint density at radius 1 is 1.27 bits per heavy atom. The molecular weight excluding hydrogens is 418 g/mol. The number of aromatic nitrogens is 3. The number of aromatic hydroxyl groups is 1. The zero-order valence-electron chi connectivity index (χ0n) is 15.3. The fourth-order valence-electron chi connectivity index (χ4n) is 3.71. The Labute approximate surface area is 171 Å². The number of pyridine rings is 1. The molecule has 2 aliphatic heterocycles. The van der Waals surface area contributed by atoms with Crippen molar-refractivity contribution in [3.05, 3.63) is 62.5 Å². The van der Waals surface area contributed by atoms with Gasteiger partial charge in [0.25, 0.3) is 5.91 Å². The summed E-state index contributed by atoms with van der Waals surface area (Å²) in [4.78, 5) is 25.0. The predicted molar refractivity (Wildman–Crippen MR) is 102 cm³/mol. The molecule has 1 fully saturated rings. The Bertz CT molecular complexity index is 1240. The van der Waals surface area contributed by atoms with Crippen molar-refractivity contribution in [2.75, 3.05) is 13.2 Å². The van der Waals surface area contributed by atoms with E-state index in [0.717, 1.165) is 23.5 Å². The average molecular weight is 432 g/mol. The zero-order valence-corrected chi connectivity index (χ0v) is 16.1. The van der Waals surface area contributed by atoms with E-state index in [0.29, 0.717) is 18.2 Å². The van der Waals surface area contributed by atoms with Crippen molar-refractivity contribution in [2.24, 2.45) is 0 Å². The lowest BCUT2D eigenvalue weighted by Crippen LogP contribution is -2.48. The second kappa shape index (κ2) is 6.96. The molecule has 0 saturated carbocycles. The van der Waals surface area contributed by atoms with Crippen LogP contribution in [0.15, 0.2) is 29.2 Å². The number of hydrogen-bond acceptors (Lipinski definition) is 7. The largest absolute Gasteiger partial charge is 0.503 e. The van der Waals surface area contributed by atoms with E-state index in [2.05, 4.69) is 15.5 Å². The Hall–Kier alpha value is -3.18. The van der Waals surface area contributed by atoms with Gasteiger partial charge in [-0.2, -0.15) is 0 Å². The molecular formula is C19H14F2N4O4S. The summed E-state index contributed by atoms with van der Waals surface area (Å²) >= 11 is 1.05. The summed E-state index contributed by atoms with van der Waals surface area (Å²) < 4.78 is 34.0. The minimum Gasteiger partial charge on any atom is -0.503 e. The Kier molecular flexibility index (Phi) is 4.36. The number of fused-ring (bicyclic) bond motifs is 3. The molecule has 0 bridgehead atoms. The lowest BCUT2D eigenvalue weighted by molar-refractivity contribution is 0.0886. The van der Waals surface area contributed by atoms with Crippen molar-refractivity contribution in [1.82, 2.24) is 20.1 Å². The molecule has 2 aliphatic rings. The van der Waals surface area contributed by atoms with Crippen LogP contribution in [0.3, 0.4) is 0 Å². The van der Waals surface area contributed by atoms with Crippen molar-refractivity contribution in [1.29, 1.82) is 0 Å². The van der Waals surface area contributed by atoms with Gasteiger partial charge in [-0.1, -0.05) is 17.4 Å². The average Bonchev–Trinajstić information content (AvgIpc) is 3.36. The maximum Gasteiger partial charge on any atom is 0.272 e. The second-order valence-corrected chi connectivity index (χ2v) is 8.14. The lowest BCUT2D eigenvalue weighted by Gasteiger charge is -2.30. The first-order valence-corrected chi connectivity index (χ1v) is 9.87. The highest BCUT2D eigenvalue weighted by atomic mass is 32.1. The summed E-state index contributed by atoms with van der Waals surface area (Å²) in [6, 6.07) is 2.75. The molecule has 1 saturated heterocycles. The van der Waals surface area contributed by atoms with Crippen molar-refractivity contribution >= 4 is 17.2 Å². The van der Waals surface area contributed by atoms with E-state index in [9.17, 15) is 23.5 Å². The van der Waals surface area contributed by atoms with Crippen LogP contribution in [0.4, 0.5) is 8.78 Å². The third-order valence-corrected chi connectivity index (χ3v) is 6.16. The van der Waals surface area contributed by atoms with E-state index in [-0.39, 0.29) is 40.3 Å². The first-order chi connectivity index (χ1) is 14.4. The third-order valence-electron chi connectivity index (χ3n) is 5.20. The molecule has 0 aliphatic carbocycles. The van der Waals surface area contributed by atoms with Gasteiger partial charge in [-0.15, -0.1) is 10.2 Å². The van der Waals surface area contributed by atoms with Crippen molar-refractivity contribution in [3.63, 3.8) is 0 Å². The van der Waals surface area contributed by atoms with Gasteiger partial charge >= 0.3 is 0 Å². The van der Waals surface area contributed by atoms with Crippen LogP contribution in [-0.2, 0) is 11.2 Å². The highest BCUT2D eigenvalue weighted by molar-refractivity contribution is 7.14. The van der Waals surface area contributed by atoms with Gasteiger partial charge < -0.3 is 19.7 Å². The summed E-state index contributed by atoms with van der Waals surface area (Å²) in [5.74, 6) is -2.59. The summed E-state index contributed by atoms with van der Waals surface area (Å²) in [5, 5.41) is 21.8. The standard InChI is InChI=1S/C19H14F2N4O4S/c20-9-2-1-8(11(21)4-9)3-14-23-24-19(30-14)10-5-25-13-7-29-6-12(13)22-18(28)15(25)17(27)16(10)26/h1-2,4-5,12-13,27H,3,6-7H2,(H,22,28)/t12-,13+/m0/s1. The molecule has 0 radical (unpaired) electrons. The summed E-state index contributed by atoms with van der Waals surface area (Å²) in [6.45, 7) is 0.662. The number of amides is 1. The molecule has 0 spiro atoms. The zero-order chi connectivity index (χ0) is 21.0. The number of nitrogens with zero attached hydrogens (tertiary/aromatic N) is 3. The van der Waals surface area contributed by atoms with Gasteiger partial charge in [0, 0.05) is 18.7 Å². The minimum atomic E-state index is -0.746. The Balaban J connectivity index is 1.54. The molecule has 154 valence electrons. The van der Waals surface area contributed by atoms with Gasteiger partial charge in [0.1, 0.15) is 16.6 Å². The van der Waals surface area contributed by atoms with Gasteiger partial charge in [-0.05, 0) is 11.6 Å². The van der Waals surface area contributed by atoms with Gasteiger partial charge in [-0.25, -0.2) is 8.78 Å². The van der Waals surface area contributed by atoms with Crippen molar-refractivity contribution < 1.29 is 23.4 Å². The molecule has 30 heavy (non-hydrogen) atoms. The molecule has 0 unspecified atom stereocenters. The lowest BCUT2D eigenvalue weighted by atomic mass is 10.0. The highest BCUT2D eigenvalue weighted by Gasteiger charge is 2.39. The van der Waals surface area contributed by atoms with E-state index in [1.807, 2.05) is 0 Å². The predicted octanol–water partition coefficient (Wildman–Crippen LogP) is 1.62. The molecule has 11 heteroatoms. The molecule has 2 atom stereocenters. The number of benzene rings is 1. The van der Waals surface area contributed by atoms with Gasteiger partial charge in [-0.3, -0.25) is 9.59 Å². The van der Waals surface area contributed by atoms with E-state index >= 15 is 0 Å². The molecule has 2 N–H and O–H groups in total. The van der Waals surface area contributed by atoms with Crippen LogP contribution in [0.5, 0.6) is 5.75 Å². The van der Waals surface area contributed by atoms with E-state index in [4.69, 9.17) is 4.74 Å². The topological polar surface area (TPSA) is 106 Å². The first kappa shape index (κ1) is 18.8. The quantitative estimate of drug-likeness (QED) is 0.652. The Morgan fingerprint density at radius 3 is 2.90 bits per heavy atom. The van der Waals surface area contributed by atoms with Crippen LogP contribution >= 0.6 is 11.3 Å². The summed E-state index contributed by atoms with van der Waals surface area (Å²) in [7, 11) is 0. The molecule has 8 nitrogen and oxygen atoms in total. The monoisotopic (exact) mass is 432 g/mol. The maximum atomic E-state index is 13.9. The minimum absolute atomic E-state index is 0.0724. The van der Waals surface area contributed by atoms with Crippen molar-refractivity contribution in [2.45, 2.75) is 18.5 Å². The van der Waals surface area contributed by atoms with Crippen molar-refractivity contribution in [3.8, 4) is 16.3 Å². The van der Waals surface area contributed by atoms with Crippen LogP contribution in [0.1, 0.15) is 27.1 Å². The number of rotatable bonds is 3.